The minimum Gasteiger partial charge on any atom is -0.341 e. The van der Waals surface area contributed by atoms with Crippen molar-refractivity contribution in [1.82, 2.24) is 14.2 Å². The SMILES string of the molecule is Cc1cc(S(=O)(=O)N2CCCN(C(=O)Cc3cccnc3)CC2)c(C)s1. The van der Waals surface area contributed by atoms with Crippen molar-refractivity contribution in [2.45, 2.75) is 31.6 Å². The summed E-state index contributed by atoms with van der Waals surface area (Å²) in [6, 6.07) is 5.43. The van der Waals surface area contributed by atoms with E-state index in [1.54, 1.807) is 23.4 Å². The molecule has 0 bridgehead atoms. The standard InChI is InChI=1S/C18H23N3O3S2/c1-14-11-17(15(2)25-14)26(23,24)21-8-4-7-20(9-10-21)18(22)12-16-5-3-6-19-13-16/h3,5-6,11,13H,4,7-10,12H2,1-2H3. The van der Waals surface area contributed by atoms with Gasteiger partial charge in [-0.1, -0.05) is 6.07 Å². The van der Waals surface area contributed by atoms with E-state index in [2.05, 4.69) is 4.98 Å². The number of hydrogen-bond acceptors (Lipinski definition) is 5. The van der Waals surface area contributed by atoms with E-state index in [9.17, 15) is 13.2 Å². The Hall–Kier alpha value is -1.77. The van der Waals surface area contributed by atoms with E-state index in [4.69, 9.17) is 0 Å². The zero-order chi connectivity index (χ0) is 18.7. The van der Waals surface area contributed by atoms with Crippen molar-refractivity contribution in [3.63, 3.8) is 0 Å². The Bertz CT molecular complexity index is 878. The van der Waals surface area contributed by atoms with Gasteiger partial charge >= 0.3 is 0 Å². The number of amides is 1. The average Bonchev–Trinajstić information content (AvgIpc) is 2.82. The van der Waals surface area contributed by atoms with Crippen LogP contribution < -0.4 is 0 Å². The molecule has 3 rings (SSSR count). The summed E-state index contributed by atoms with van der Waals surface area (Å²) in [5.41, 5.74) is 0.871. The third-order valence-electron chi connectivity index (χ3n) is 4.50. The van der Waals surface area contributed by atoms with Gasteiger partial charge in [0.1, 0.15) is 0 Å². The van der Waals surface area contributed by atoms with Crippen molar-refractivity contribution in [3.8, 4) is 0 Å². The molecule has 26 heavy (non-hydrogen) atoms. The predicted octanol–water partition coefficient (Wildman–Crippen LogP) is 2.23. The van der Waals surface area contributed by atoms with Crippen LogP contribution in [0.3, 0.4) is 0 Å². The van der Waals surface area contributed by atoms with Gasteiger partial charge in [-0.25, -0.2) is 8.42 Å². The Kier molecular flexibility index (Phi) is 5.74. The Morgan fingerprint density at radius 3 is 2.69 bits per heavy atom. The summed E-state index contributed by atoms with van der Waals surface area (Å²) in [5.74, 6) is 0.0137. The highest BCUT2D eigenvalue weighted by Gasteiger charge is 2.30. The maximum absolute atomic E-state index is 13.0. The van der Waals surface area contributed by atoms with Crippen molar-refractivity contribution < 1.29 is 13.2 Å². The highest BCUT2D eigenvalue weighted by molar-refractivity contribution is 7.89. The fourth-order valence-corrected chi connectivity index (χ4v) is 6.17. The molecule has 8 heteroatoms. The number of thiophene rings is 1. The molecule has 0 aromatic carbocycles. The summed E-state index contributed by atoms with van der Waals surface area (Å²) in [5, 5.41) is 0. The van der Waals surface area contributed by atoms with Gasteiger partial charge in [0.25, 0.3) is 0 Å². The van der Waals surface area contributed by atoms with Gasteiger partial charge in [0, 0.05) is 48.3 Å². The minimum atomic E-state index is -3.51. The molecule has 0 unspecified atom stereocenters. The molecule has 0 aliphatic carbocycles. The first kappa shape index (κ1) is 19.0. The van der Waals surface area contributed by atoms with E-state index in [1.807, 2.05) is 26.0 Å². The molecular formula is C18H23N3O3S2. The van der Waals surface area contributed by atoms with E-state index in [-0.39, 0.29) is 5.91 Å². The second kappa shape index (κ2) is 7.85. The van der Waals surface area contributed by atoms with E-state index < -0.39 is 10.0 Å². The van der Waals surface area contributed by atoms with E-state index >= 15 is 0 Å². The van der Waals surface area contributed by atoms with Crippen LogP contribution in [0.5, 0.6) is 0 Å². The van der Waals surface area contributed by atoms with Gasteiger partial charge in [-0.2, -0.15) is 4.31 Å². The monoisotopic (exact) mass is 393 g/mol. The van der Waals surface area contributed by atoms with Gasteiger partial charge in [-0.3, -0.25) is 9.78 Å². The van der Waals surface area contributed by atoms with Gasteiger partial charge < -0.3 is 4.90 Å². The van der Waals surface area contributed by atoms with Crippen LogP contribution in [0.15, 0.2) is 35.5 Å². The first-order valence-corrected chi connectivity index (χ1v) is 10.9. The molecule has 0 saturated carbocycles. The summed E-state index contributed by atoms with van der Waals surface area (Å²) in [6.45, 7) is 5.51. The minimum absolute atomic E-state index is 0.0137. The molecule has 0 radical (unpaired) electrons. The molecule has 0 N–H and O–H groups in total. The van der Waals surface area contributed by atoms with Crippen molar-refractivity contribution in [2.75, 3.05) is 26.2 Å². The van der Waals surface area contributed by atoms with Crippen LogP contribution in [0, 0.1) is 13.8 Å². The largest absolute Gasteiger partial charge is 0.341 e. The van der Waals surface area contributed by atoms with Crippen LogP contribution in [0.25, 0.3) is 0 Å². The lowest BCUT2D eigenvalue weighted by Crippen LogP contribution is -2.38. The molecule has 3 heterocycles. The third-order valence-corrected chi connectivity index (χ3v) is 7.62. The number of rotatable bonds is 4. The summed E-state index contributed by atoms with van der Waals surface area (Å²) >= 11 is 1.50. The molecule has 1 amide bonds. The summed E-state index contributed by atoms with van der Waals surface area (Å²) in [6.07, 6.45) is 4.30. The molecular weight excluding hydrogens is 370 g/mol. The summed E-state index contributed by atoms with van der Waals surface area (Å²) < 4.78 is 27.4. The average molecular weight is 394 g/mol. The van der Waals surface area contributed by atoms with Crippen LogP contribution in [0.2, 0.25) is 0 Å². The second-order valence-electron chi connectivity index (χ2n) is 6.45. The lowest BCUT2D eigenvalue weighted by molar-refractivity contribution is -0.130. The molecule has 2 aromatic rings. The smallest absolute Gasteiger partial charge is 0.244 e. The molecule has 0 atom stereocenters. The third kappa shape index (κ3) is 4.13. The van der Waals surface area contributed by atoms with Crippen LogP contribution in [0.1, 0.15) is 21.7 Å². The highest BCUT2D eigenvalue weighted by atomic mass is 32.2. The Labute approximate surface area is 158 Å². The number of carbonyl (C=O) groups is 1. The summed E-state index contributed by atoms with van der Waals surface area (Å²) in [7, 11) is -3.51. The van der Waals surface area contributed by atoms with E-state index in [1.165, 1.54) is 15.6 Å². The molecule has 1 aliphatic heterocycles. The van der Waals surface area contributed by atoms with E-state index in [0.717, 1.165) is 15.3 Å². The number of hydrogen-bond donors (Lipinski definition) is 0. The maximum Gasteiger partial charge on any atom is 0.244 e. The fourth-order valence-electron chi connectivity index (χ4n) is 3.18. The van der Waals surface area contributed by atoms with E-state index in [0.29, 0.717) is 43.9 Å². The van der Waals surface area contributed by atoms with Gasteiger partial charge in [0.15, 0.2) is 0 Å². The fraction of sp³-hybridized carbons (Fsp3) is 0.444. The predicted molar refractivity (Wildman–Crippen MR) is 102 cm³/mol. The van der Waals surface area contributed by atoms with Crippen molar-refractivity contribution >= 4 is 27.3 Å². The molecule has 1 aliphatic rings. The number of nitrogens with zero attached hydrogens (tertiary/aromatic N) is 3. The molecule has 1 fully saturated rings. The van der Waals surface area contributed by atoms with Crippen molar-refractivity contribution in [3.05, 3.63) is 45.9 Å². The number of sulfonamides is 1. The van der Waals surface area contributed by atoms with Gasteiger partial charge in [0.05, 0.1) is 11.3 Å². The first-order chi connectivity index (χ1) is 12.4. The maximum atomic E-state index is 13.0. The van der Waals surface area contributed by atoms with Crippen LogP contribution in [-0.4, -0.2) is 54.7 Å². The number of aromatic nitrogens is 1. The number of aryl methyl sites for hydroxylation is 2. The molecule has 2 aromatic heterocycles. The lowest BCUT2D eigenvalue weighted by Gasteiger charge is -2.22. The number of pyridine rings is 1. The highest BCUT2D eigenvalue weighted by Crippen LogP contribution is 2.28. The van der Waals surface area contributed by atoms with Crippen LogP contribution >= 0.6 is 11.3 Å². The number of carbonyl (C=O) groups excluding carboxylic acids is 1. The zero-order valence-corrected chi connectivity index (χ0v) is 16.6. The van der Waals surface area contributed by atoms with Gasteiger partial charge in [0.2, 0.25) is 15.9 Å². The normalized spacial score (nSPS) is 16.5. The Morgan fingerprint density at radius 2 is 2.04 bits per heavy atom. The Morgan fingerprint density at radius 1 is 1.23 bits per heavy atom. The quantitative estimate of drug-likeness (QED) is 0.799. The molecule has 140 valence electrons. The van der Waals surface area contributed by atoms with Gasteiger partial charge in [-0.15, -0.1) is 11.3 Å². The molecule has 1 saturated heterocycles. The topological polar surface area (TPSA) is 70.6 Å². The van der Waals surface area contributed by atoms with Gasteiger partial charge in [-0.05, 0) is 38.0 Å². The zero-order valence-electron chi connectivity index (χ0n) is 15.0. The van der Waals surface area contributed by atoms with Crippen molar-refractivity contribution in [1.29, 1.82) is 0 Å². The second-order valence-corrected chi connectivity index (χ2v) is 9.82. The molecule has 0 spiro atoms. The first-order valence-electron chi connectivity index (χ1n) is 8.62. The summed E-state index contributed by atoms with van der Waals surface area (Å²) in [4.78, 5) is 20.5. The lowest BCUT2D eigenvalue weighted by atomic mass is 10.2. The van der Waals surface area contributed by atoms with Crippen molar-refractivity contribution in [2.24, 2.45) is 0 Å². The molecule has 6 nitrogen and oxygen atoms in total. The Balaban J connectivity index is 1.68. The van der Waals surface area contributed by atoms with Crippen LogP contribution in [0.4, 0.5) is 0 Å². The van der Waals surface area contributed by atoms with Crippen LogP contribution in [-0.2, 0) is 21.2 Å².